The number of hydrogen-bond acceptors (Lipinski definition) is 15. The van der Waals surface area contributed by atoms with Gasteiger partial charge in [-0.05, 0) is 173 Å². The van der Waals surface area contributed by atoms with Crippen LogP contribution in [-0.2, 0) is 19.6 Å². The molecule has 2 aliphatic rings. The zero-order valence-corrected chi connectivity index (χ0v) is 49.2. The van der Waals surface area contributed by atoms with Crippen LogP contribution in [0.2, 0.25) is 0 Å². The third-order valence-corrected chi connectivity index (χ3v) is 14.8. The molecular formula is C62H64FN5O14S2. The number of aromatic amines is 3. The molecule has 19 nitrogen and oxygen atoms in total. The van der Waals surface area contributed by atoms with Crippen LogP contribution in [0.4, 0.5) is 15.8 Å². The Morgan fingerprint density at radius 3 is 1.79 bits per heavy atom. The minimum Gasteiger partial charge on any atom is -0.508 e. The number of pyridine rings is 1. The van der Waals surface area contributed by atoms with Crippen LogP contribution in [0.5, 0.6) is 40.2 Å². The Morgan fingerprint density at radius 2 is 1.17 bits per heavy atom. The highest BCUT2D eigenvalue weighted by molar-refractivity contribution is 7.92. The molecule has 10 aromatic rings. The summed E-state index contributed by atoms with van der Waals surface area (Å²) in [5.74, 6) is -0.0353. The number of carbonyl (C=O) groups is 2. The number of methoxy groups -OCH3 is 1. The number of aromatic hydroxyl groups is 5. The minimum absolute atomic E-state index is 0.0112. The predicted molar refractivity (Wildman–Crippen MR) is 325 cm³/mol. The SMILES string of the molecule is COC(=O)c1cc2c(C)ccc(O)c2[nH]1.Cc1ccc(C)c2sc(=O)[nH]c12.Cc1ccc(O)c(F)c1.Cc1ccc(O)c2[nH]c(=O)ccc12.Cc1ccc(O)c2c1OCC(=O)N2.Cc1ccc(O)cc1C.Cc1cccc2c1OCS(=O)(=O)N2. The summed E-state index contributed by atoms with van der Waals surface area (Å²) in [4.78, 5) is 52.5. The molecular weight excluding hydrogens is 1120 g/mol. The molecule has 0 fully saturated rings. The minimum atomic E-state index is -3.29. The standard InChI is InChI=1S/C11H11NO3.C10H9NO2.C9H9NO3.C9H9NOS.C8H9NO3S.C8H10O.C7H7FO/c1-6-3-4-9(13)10-7(6)5-8(12-10)11(14)15-2;1-6-2-4-8(12)10-7(6)3-5-9(13)11-10;1-5-2-3-6(11)8-9(5)13-4-7(12)10-8;1-5-3-4-6(2)8-7(5)10-9(11)12-8;1-6-3-2-4-7-8(6)12-5-13(10,11)9-7;1-6-3-4-8(9)5-7(6)2;1-5-2-3-7(9)6(8)4-5/h3-5,12-13H,1-2H3;2-5,12H,1H3,(H,11,13);2-3,11H,4H2,1H3,(H,10,12);3-4H,1-2H3,(H,10,11);2-4,9H,5H2,1H3;3-5,9H,1-2H3;2-4,9H,1H3. The van der Waals surface area contributed by atoms with Crippen LogP contribution < -0.4 is 29.9 Å². The number of phenolic OH excluding ortho intramolecular Hbond substituents is 5. The smallest absolute Gasteiger partial charge is 0.354 e. The summed E-state index contributed by atoms with van der Waals surface area (Å²) in [6, 6.07) is 33.9. The molecule has 0 bridgehead atoms. The van der Waals surface area contributed by atoms with Gasteiger partial charge < -0.3 is 60.0 Å². The Morgan fingerprint density at radius 1 is 0.571 bits per heavy atom. The quantitative estimate of drug-likeness (QED) is 0.0540. The van der Waals surface area contributed by atoms with Gasteiger partial charge in [-0.15, -0.1) is 0 Å². The van der Waals surface area contributed by atoms with Gasteiger partial charge in [0, 0.05) is 16.8 Å². The maximum absolute atomic E-state index is 12.3. The number of H-pyrrole nitrogens is 3. The predicted octanol–water partition coefficient (Wildman–Crippen LogP) is 11.7. The zero-order chi connectivity index (χ0) is 61.7. The molecule has 0 saturated carbocycles. The van der Waals surface area contributed by atoms with Gasteiger partial charge in [-0.1, -0.05) is 65.9 Å². The highest BCUT2D eigenvalue weighted by Crippen LogP contribution is 2.38. The summed E-state index contributed by atoms with van der Waals surface area (Å²) in [6.07, 6.45) is 0. The molecule has 1 amide bonds. The number of esters is 1. The molecule has 0 aliphatic carbocycles. The normalized spacial score (nSPS) is 12.2. The average Bonchev–Trinajstić information content (AvgIpc) is 4.28. The molecule has 84 heavy (non-hydrogen) atoms. The molecule has 12 rings (SSSR count). The fraction of sp³-hybridized carbons (Fsp3) is 0.194. The van der Waals surface area contributed by atoms with Gasteiger partial charge in [0.25, 0.3) is 15.9 Å². The maximum atomic E-state index is 12.3. The first-order valence-electron chi connectivity index (χ1n) is 25.7. The van der Waals surface area contributed by atoms with Gasteiger partial charge in [0.1, 0.15) is 45.9 Å². The molecule has 7 aromatic carbocycles. The number of aryl methyl sites for hydroxylation is 9. The molecule has 0 atom stereocenters. The molecule has 0 saturated heterocycles. The van der Waals surface area contributed by atoms with Crippen LogP contribution in [0.1, 0.15) is 60.6 Å². The van der Waals surface area contributed by atoms with Gasteiger partial charge in [0.05, 0.1) is 34.0 Å². The number of ether oxygens (including phenoxy) is 3. The van der Waals surface area contributed by atoms with Crippen LogP contribution in [0, 0.1) is 68.1 Å². The van der Waals surface area contributed by atoms with Gasteiger partial charge in [0.15, 0.2) is 18.2 Å². The van der Waals surface area contributed by atoms with Gasteiger partial charge in [0.2, 0.25) is 11.5 Å². The van der Waals surface area contributed by atoms with Crippen LogP contribution in [-0.4, -0.2) is 80.4 Å². The van der Waals surface area contributed by atoms with Crippen molar-refractivity contribution in [3.8, 4) is 40.2 Å². The van der Waals surface area contributed by atoms with Crippen molar-refractivity contribution in [2.75, 3.05) is 29.7 Å². The summed E-state index contributed by atoms with van der Waals surface area (Å²) in [7, 11) is -1.97. The molecule has 5 heterocycles. The Kier molecular flexibility index (Phi) is 21.0. The fourth-order valence-electron chi connectivity index (χ4n) is 8.13. The van der Waals surface area contributed by atoms with E-state index in [2.05, 4.69) is 29.7 Å². The topological polar surface area (TPSA) is 303 Å². The second-order valence-electron chi connectivity index (χ2n) is 19.4. The number of phenols is 5. The number of halogens is 1. The van der Waals surface area contributed by atoms with Crippen molar-refractivity contribution < 1.29 is 62.1 Å². The molecule has 10 N–H and O–H groups in total. The average molecular weight is 1190 g/mol. The number of rotatable bonds is 1. The van der Waals surface area contributed by atoms with Crippen molar-refractivity contribution in [1.29, 1.82) is 0 Å². The van der Waals surface area contributed by atoms with E-state index in [0.29, 0.717) is 45.4 Å². The molecule has 22 heteroatoms. The number of aromatic nitrogens is 3. The van der Waals surface area contributed by atoms with E-state index in [4.69, 9.17) is 19.7 Å². The Balaban J connectivity index is 0.000000158. The third-order valence-electron chi connectivity index (χ3n) is 12.8. The Bertz CT molecular complexity index is 4150. The molecule has 2 aliphatic heterocycles. The number of para-hydroxylation sites is 1. The first-order chi connectivity index (χ1) is 39.7. The number of nitrogens with one attached hydrogen (secondary N) is 5. The number of anilines is 2. The lowest BCUT2D eigenvalue weighted by Gasteiger charge is -2.20. The lowest BCUT2D eigenvalue weighted by Crippen LogP contribution is -2.25. The summed E-state index contributed by atoms with van der Waals surface area (Å²) in [6.45, 7) is 17.4. The second kappa shape index (κ2) is 27.8. The monoisotopic (exact) mass is 1190 g/mol. The third kappa shape index (κ3) is 16.4. The number of thiazole rings is 1. The van der Waals surface area contributed by atoms with Crippen molar-refractivity contribution in [2.45, 2.75) is 62.3 Å². The highest BCUT2D eigenvalue weighted by atomic mass is 32.2. The Hall–Kier alpha value is -9.80. The first kappa shape index (κ1) is 63.4. The lowest BCUT2D eigenvalue weighted by molar-refractivity contribution is -0.118. The number of carbonyl (C=O) groups excluding carboxylic acids is 2. The number of benzene rings is 7. The zero-order valence-electron chi connectivity index (χ0n) is 47.6. The number of hydrogen-bond donors (Lipinski definition) is 10. The van der Waals surface area contributed by atoms with Gasteiger partial charge >= 0.3 is 10.8 Å². The first-order valence-corrected chi connectivity index (χ1v) is 28.1. The molecule has 0 radical (unpaired) electrons. The van der Waals surface area contributed by atoms with Crippen molar-refractivity contribution in [3.63, 3.8) is 0 Å². The molecule has 440 valence electrons. The van der Waals surface area contributed by atoms with E-state index in [1.807, 2.05) is 85.7 Å². The molecule has 3 aromatic heterocycles. The number of amides is 1. The van der Waals surface area contributed by atoms with Crippen LogP contribution in [0.3, 0.4) is 0 Å². The molecule has 0 spiro atoms. The summed E-state index contributed by atoms with van der Waals surface area (Å²) in [5.41, 5.74) is 12.4. The van der Waals surface area contributed by atoms with Crippen LogP contribution in [0.25, 0.3) is 32.0 Å². The van der Waals surface area contributed by atoms with E-state index in [9.17, 15) is 47.3 Å². The van der Waals surface area contributed by atoms with E-state index in [-0.39, 0.29) is 51.9 Å². The van der Waals surface area contributed by atoms with Crippen molar-refractivity contribution in [2.24, 2.45) is 0 Å². The Labute approximate surface area is 486 Å². The van der Waals surface area contributed by atoms with Crippen molar-refractivity contribution in [1.82, 2.24) is 15.0 Å². The van der Waals surface area contributed by atoms with E-state index in [0.717, 1.165) is 59.9 Å². The number of sulfonamides is 1. The second-order valence-corrected chi connectivity index (χ2v) is 22.0. The van der Waals surface area contributed by atoms with E-state index in [1.54, 1.807) is 73.7 Å². The van der Waals surface area contributed by atoms with E-state index in [1.165, 1.54) is 53.8 Å². The summed E-state index contributed by atoms with van der Waals surface area (Å²) in [5, 5.41) is 50.3. The molecule has 0 unspecified atom stereocenters. The van der Waals surface area contributed by atoms with Crippen molar-refractivity contribution >= 4 is 76.6 Å². The van der Waals surface area contributed by atoms with Gasteiger partial charge in [-0.3, -0.25) is 19.1 Å². The van der Waals surface area contributed by atoms with Gasteiger partial charge in [-0.25, -0.2) is 17.6 Å². The number of fused-ring (bicyclic) bond motifs is 5. The fourth-order valence-corrected chi connectivity index (χ4v) is 9.84. The van der Waals surface area contributed by atoms with E-state index < -0.39 is 21.8 Å². The maximum Gasteiger partial charge on any atom is 0.354 e. The summed E-state index contributed by atoms with van der Waals surface area (Å²) >= 11 is 1.28. The largest absolute Gasteiger partial charge is 0.508 e. The lowest BCUT2D eigenvalue weighted by atomic mass is 10.1. The van der Waals surface area contributed by atoms with E-state index >= 15 is 0 Å². The highest BCUT2D eigenvalue weighted by Gasteiger charge is 2.23. The van der Waals surface area contributed by atoms with Crippen LogP contribution >= 0.6 is 11.3 Å². The van der Waals surface area contributed by atoms with Gasteiger partial charge in [-0.2, -0.15) is 0 Å². The van der Waals surface area contributed by atoms with Crippen LogP contribution in [0.15, 0.2) is 131 Å². The van der Waals surface area contributed by atoms with Crippen molar-refractivity contribution in [3.05, 3.63) is 203 Å². The summed E-state index contributed by atoms with van der Waals surface area (Å²) < 4.78 is 52.9.